The van der Waals surface area contributed by atoms with Crippen molar-refractivity contribution < 1.29 is 67.8 Å². The highest BCUT2D eigenvalue weighted by molar-refractivity contribution is 5.85. The molecule has 0 bridgehead atoms. The second-order valence-electron chi connectivity index (χ2n) is 16.4. The van der Waals surface area contributed by atoms with Crippen LogP contribution in [0.5, 0.6) is 0 Å². The minimum absolute atomic E-state index is 0.00936. The number of ketones is 2. The predicted molar refractivity (Wildman–Crippen MR) is 253 cm³/mol. The van der Waals surface area contributed by atoms with Crippen molar-refractivity contribution >= 4 is 41.2 Å². The van der Waals surface area contributed by atoms with Crippen LogP contribution >= 0.6 is 0 Å². The highest BCUT2D eigenvalue weighted by Gasteiger charge is 2.20. The molecule has 0 radical (unpaired) electrons. The van der Waals surface area contributed by atoms with E-state index < -0.39 is 24.6 Å². The van der Waals surface area contributed by atoms with Gasteiger partial charge in [0.1, 0.15) is 31.6 Å². The van der Waals surface area contributed by atoms with Gasteiger partial charge in [-0.2, -0.15) is 0 Å². The zero-order valence-electron chi connectivity index (χ0n) is 40.9. The van der Waals surface area contributed by atoms with E-state index in [9.17, 15) is 38.7 Å². The van der Waals surface area contributed by atoms with Crippen molar-refractivity contribution in [1.82, 2.24) is 21.3 Å². The first-order chi connectivity index (χ1) is 31.9. The lowest BCUT2D eigenvalue weighted by Crippen LogP contribution is -2.41. The summed E-state index contributed by atoms with van der Waals surface area (Å²) in [6, 6.07) is -1.32. The van der Waals surface area contributed by atoms with Gasteiger partial charge in [-0.25, -0.2) is 4.79 Å². The molecule has 0 fully saturated rings. The molecule has 0 spiro atoms. The number of Topliss-reactive ketones (excluding diaryl/α,β-unsaturated/α-hetero) is 2. The largest absolute Gasteiger partial charge is 0.481 e. The van der Waals surface area contributed by atoms with Crippen molar-refractivity contribution in [1.29, 1.82) is 0 Å². The molecule has 0 aromatic rings. The number of aliphatic hydroxyl groups excluding tert-OH is 1. The third kappa shape index (κ3) is 47.0. The maximum Gasteiger partial charge on any atom is 0.326 e. The number of nitrogens with one attached hydrogen (secondary N) is 4. The third-order valence-corrected chi connectivity index (χ3v) is 10.5. The summed E-state index contributed by atoms with van der Waals surface area (Å²) in [5.74, 6) is -2.65. The summed E-state index contributed by atoms with van der Waals surface area (Å²) in [6.45, 7) is 6.59. The zero-order valence-corrected chi connectivity index (χ0v) is 40.9. The number of hydrogen-bond donors (Lipinski definition) is 7. The van der Waals surface area contributed by atoms with Gasteiger partial charge in [-0.05, 0) is 52.0 Å². The molecule has 386 valence electrons. The zero-order chi connectivity index (χ0) is 49.3. The summed E-state index contributed by atoms with van der Waals surface area (Å²) in [5.41, 5.74) is 0. The molecule has 18 heteroatoms. The summed E-state index contributed by atoms with van der Waals surface area (Å²) >= 11 is 0. The van der Waals surface area contributed by atoms with Crippen LogP contribution in [-0.4, -0.2) is 148 Å². The normalized spacial score (nSPS) is 11.8. The molecule has 18 nitrogen and oxygen atoms in total. The van der Waals surface area contributed by atoms with Crippen molar-refractivity contribution in [2.75, 3.05) is 79.6 Å². The van der Waals surface area contributed by atoms with Gasteiger partial charge in [0.15, 0.2) is 5.78 Å². The lowest BCUT2D eigenvalue weighted by Gasteiger charge is -2.14. The molecular weight excluding hydrogens is 857 g/mol. The topological polar surface area (TPSA) is 265 Å². The van der Waals surface area contributed by atoms with Gasteiger partial charge in [-0.15, -0.1) is 0 Å². The van der Waals surface area contributed by atoms with E-state index in [1.165, 1.54) is 64.2 Å². The molecule has 0 saturated carbocycles. The monoisotopic (exact) mass is 947 g/mol. The van der Waals surface area contributed by atoms with Gasteiger partial charge in [0, 0.05) is 45.4 Å². The number of carbonyl (C=O) groups is 7. The quantitative estimate of drug-likeness (QED) is 0.0375. The van der Waals surface area contributed by atoms with E-state index in [2.05, 4.69) is 21.3 Å². The molecule has 0 heterocycles. The fourth-order valence-corrected chi connectivity index (χ4v) is 6.60. The van der Waals surface area contributed by atoms with Gasteiger partial charge >= 0.3 is 11.9 Å². The van der Waals surface area contributed by atoms with E-state index >= 15 is 0 Å². The van der Waals surface area contributed by atoms with Crippen molar-refractivity contribution in [2.24, 2.45) is 0 Å². The number of carboxylic acid groups (broad SMARTS) is 2. The first-order valence-electron chi connectivity index (χ1n) is 24.8. The maximum absolute atomic E-state index is 12.0. The molecule has 0 aromatic heterocycles. The third-order valence-electron chi connectivity index (χ3n) is 10.5. The Labute approximate surface area is 395 Å². The molecule has 7 N–H and O–H groups in total. The molecule has 3 amide bonds. The number of ether oxygens (including phenoxy) is 4. The summed E-state index contributed by atoms with van der Waals surface area (Å²) in [4.78, 5) is 79.6. The van der Waals surface area contributed by atoms with Crippen LogP contribution in [0.1, 0.15) is 174 Å². The van der Waals surface area contributed by atoms with E-state index in [1.54, 1.807) is 14.0 Å². The van der Waals surface area contributed by atoms with Crippen LogP contribution in [-0.2, 0) is 52.5 Å². The van der Waals surface area contributed by atoms with E-state index in [0.717, 1.165) is 57.8 Å². The molecule has 2 atom stereocenters. The Morgan fingerprint density at radius 1 is 0.485 bits per heavy atom. The van der Waals surface area contributed by atoms with Gasteiger partial charge in [-0.3, -0.25) is 28.8 Å². The molecule has 0 aliphatic carbocycles. The van der Waals surface area contributed by atoms with Crippen LogP contribution in [0.2, 0.25) is 0 Å². The average molecular weight is 947 g/mol. The van der Waals surface area contributed by atoms with Gasteiger partial charge in [0.2, 0.25) is 17.7 Å². The maximum atomic E-state index is 12.0. The number of hydrogen-bond acceptors (Lipinski definition) is 13. The second-order valence-corrected chi connectivity index (χ2v) is 16.4. The molecular formula is C48H90N4O14. The molecule has 0 rings (SSSR count). The van der Waals surface area contributed by atoms with Crippen LogP contribution in [0.4, 0.5) is 0 Å². The summed E-state index contributed by atoms with van der Waals surface area (Å²) < 4.78 is 21.0. The minimum Gasteiger partial charge on any atom is -0.481 e. The van der Waals surface area contributed by atoms with Crippen LogP contribution in [0.25, 0.3) is 0 Å². The number of amides is 3. The van der Waals surface area contributed by atoms with Gasteiger partial charge in [0.25, 0.3) is 0 Å². The lowest BCUT2D eigenvalue weighted by atomic mass is 10.0. The number of unbranched alkanes of at least 4 members (excludes halogenated alkanes) is 16. The minimum atomic E-state index is -1.08. The number of carbonyl (C=O) groups excluding carboxylic acids is 5. The van der Waals surface area contributed by atoms with Gasteiger partial charge in [-0.1, -0.05) is 104 Å². The smallest absolute Gasteiger partial charge is 0.326 e. The molecule has 0 aliphatic rings. The first kappa shape index (κ1) is 64.5. The Balaban J connectivity index is 0. The Morgan fingerprint density at radius 3 is 1.41 bits per heavy atom. The SMILES string of the molecule is CCC(=O)CC[C@H](NC(=O)CCCCCCCCCCCCCCCCCCC(=O)O)C(=O)O.CCCOCCOCC(=O)NCCOCCOCC(=O)NCCCC[C@H](NC)C(=O)CO. The van der Waals surface area contributed by atoms with Crippen molar-refractivity contribution in [3.63, 3.8) is 0 Å². The fraction of sp³-hybridized carbons (Fsp3) is 0.854. The van der Waals surface area contributed by atoms with Crippen LogP contribution in [0, 0.1) is 0 Å². The summed E-state index contributed by atoms with van der Waals surface area (Å²) in [6.07, 6.45) is 22.9. The van der Waals surface area contributed by atoms with E-state index in [0.29, 0.717) is 71.8 Å². The van der Waals surface area contributed by atoms with E-state index in [1.807, 2.05) is 6.92 Å². The number of carboxylic acids is 2. The average Bonchev–Trinajstić information content (AvgIpc) is 3.30. The van der Waals surface area contributed by atoms with Gasteiger partial charge in [0.05, 0.1) is 39.1 Å². The fourth-order valence-electron chi connectivity index (χ4n) is 6.60. The predicted octanol–water partition coefficient (Wildman–Crippen LogP) is 5.44. The van der Waals surface area contributed by atoms with E-state index in [-0.39, 0.29) is 68.0 Å². The van der Waals surface area contributed by atoms with Crippen LogP contribution in [0.15, 0.2) is 0 Å². The summed E-state index contributed by atoms with van der Waals surface area (Å²) in [7, 11) is 1.68. The number of aliphatic hydroxyl groups is 1. The highest BCUT2D eigenvalue weighted by atomic mass is 16.5. The molecule has 0 aromatic carbocycles. The highest BCUT2D eigenvalue weighted by Crippen LogP contribution is 2.14. The first-order valence-corrected chi connectivity index (χ1v) is 24.8. The number of likely N-dealkylation sites (N-methyl/N-ethyl adjacent to an activating group) is 1. The number of rotatable bonds is 48. The lowest BCUT2D eigenvalue weighted by molar-refractivity contribution is -0.142. The molecule has 0 aliphatic heterocycles. The molecule has 66 heavy (non-hydrogen) atoms. The van der Waals surface area contributed by atoms with Crippen molar-refractivity contribution in [3.05, 3.63) is 0 Å². The molecule has 0 unspecified atom stereocenters. The summed E-state index contributed by atoms with van der Waals surface area (Å²) in [5, 5.41) is 37.5. The van der Waals surface area contributed by atoms with Gasteiger partial charge < -0.3 is 55.5 Å². The van der Waals surface area contributed by atoms with E-state index in [4.69, 9.17) is 29.2 Å². The Bertz CT molecular complexity index is 1240. The second kappa shape index (κ2) is 49.4. The Hall–Kier alpha value is -3.55. The number of aliphatic carboxylic acids is 2. The van der Waals surface area contributed by atoms with Crippen molar-refractivity contribution in [2.45, 2.75) is 186 Å². The molecule has 0 saturated heterocycles. The Kier molecular flexibility index (Phi) is 48.3. The Morgan fingerprint density at radius 2 is 0.955 bits per heavy atom. The van der Waals surface area contributed by atoms with Crippen molar-refractivity contribution in [3.8, 4) is 0 Å². The standard InChI is InChI=1S/C27H49NO6.C21H41N3O8/c1-2-23(29)21-22-24(27(33)34)28-25(30)19-17-15-13-11-9-7-5-3-4-6-8-10-12-14-16-18-20-26(31)32;1-3-9-29-11-13-31-17-21(28)24-8-10-30-12-14-32-16-20(27)23-7-5-4-6-18(22-2)19(26)15-25/h24H,2-22H2,1H3,(H,28,30)(H,31,32)(H,33,34);18,22,25H,3-17H2,1-2H3,(H,23,27)(H,24,28)/t24-;18-/m00/s1. The van der Waals surface area contributed by atoms with Crippen LogP contribution in [0.3, 0.4) is 0 Å². The van der Waals surface area contributed by atoms with Crippen LogP contribution < -0.4 is 21.3 Å².